The van der Waals surface area contributed by atoms with E-state index in [-0.39, 0.29) is 66.6 Å². The number of aliphatic hydroxyl groups is 2. The van der Waals surface area contributed by atoms with Crippen LogP contribution >= 0.6 is 34.7 Å². The molecular formula is C54H73ClN14O5S2. The number of aromatic nitrogens is 7. The molecule has 0 saturated carbocycles. The van der Waals surface area contributed by atoms with E-state index in [9.17, 15) is 24.6 Å². The Hall–Kier alpha value is -5.29. The lowest BCUT2D eigenvalue weighted by Crippen LogP contribution is -2.50. The summed E-state index contributed by atoms with van der Waals surface area (Å²) in [6.07, 6.45) is 10.0. The Balaban J connectivity index is 0.775. The standard InChI is InChI=1S/C54H73ClN14O5S2/c1-33(2)47(69-28-34(3)63-64-69)53(74)68-29-40(71)26-43(68)51(72)62-41(36-6-8-37(9-7-36)48-35(4)59-32-75-48)15-21-65-19-11-38(12-20-65)52(73)67-22-13-39(14-23-67)60-49-46(55)44(10-18-57-49)76-45-27-58-50(42(30-70)61-45)66-24-16-54(5,31-56)17-25-66/h6-10,18,27-28,32-33,38-41,43,47,70-71H,11-17,19-26,29-31,56H2,1-5H3,(H,57,60)(H,62,72)/t40-,41+,43+,47+/m1/s1. The van der Waals surface area contributed by atoms with Crippen LogP contribution in [0.2, 0.25) is 5.02 Å². The summed E-state index contributed by atoms with van der Waals surface area (Å²) in [5, 5.41) is 37.4. The highest BCUT2D eigenvalue weighted by Gasteiger charge is 2.43. The van der Waals surface area contributed by atoms with Crippen LogP contribution in [0.15, 0.2) is 64.4 Å². The van der Waals surface area contributed by atoms with E-state index >= 15 is 0 Å². The van der Waals surface area contributed by atoms with Gasteiger partial charge in [-0.2, -0.15) is 0 Å². The molecule has 6 N–H and O–H groups in total. The smallest absolute Gasteiger partial charge is 0.248 e. The monoisotopic (exact) mass is 1100 g/mol. The first-order valence-corrected chi connectivity index (χ1v) is 28.9. The summed E-state index contributed by atoms with van der Waals surface area (Å²) in [6, 6.07) is 8.28. The van der Waals surface area contributed by atoms with Crippen molar-refractivity contribution in [2.75, 3.05) is 69.1 Å². The molecule has 8 heterocycles. The fourth-order valence-corrected chi connectivity index (χ4v) is 13.0. The highest BCUT2D eigenvalue weighted by atomic mass is 35.5. The van der Waals surface area contributed by atoms with Crippen molar-refractivity contribution in [2.24, 2.45) is 23.0 Å². The number of aryl methyl sites for hydroxylation is 2. The molecule has 5 aromatic rings. The first kappa shape index (κ1) is 55.5. The maximum Gasteiger partial charge on any atom is 0.248 e. The number of β-amino-alcohol motifs (C(OH)–C–C–N with tert-alkyl or cyclic N) is 1. The summed E-state index contributed by atoms with van der Waals surface area (Å²) in [5.41, 5.74) is 12.2. The zero-order valence-electron chi connectivity index (χ0n) is 44.3. The first-order chi connectivity index (χ1) is 36.6. The molecule has 19 nitrogen and oxygen atoms in total. The Morgan fingerprint density at radius 3 is 2.37 bits per heavy atom. The predicted molar refractivity (Wildman–Crippen MR) is 295 cm³/mol. The van der Waals surface area contributed by atoms with Gasteiger partial charge in [0, 0.05) is 74.9 Å². The van der Waals surface area contributed by atoms with Crippen LogP contribution in [0, 0.1) is 31.1 Å². The van der Waals surface area contributed by atoms with Gasteiger partial charge in [-0.1, -0.05) is 73.6 Å². The Morgan fingerprint density at radius 2 is 1.72 bits per heavy atom. The van der Waals surface area contributed by atoms with E-state index in [0.717, 1.165) is 91.3 Å². The van der Waals surface area contributed by atoms with Crippen molar-refractivity contribution in [1.29, 1.82) is 0 Å². The van der Waals surface area contributed by atoms with Gasteiger partial charge in [-0.3, -0.25) is 14.4 Å². The molecule has 0 bridgehead atoms. The van der Waals surface area contributed by atoms with Gasteiger partial charge in [0.25, 0.3) is 0 Å². The average molecular weight is 1100 g/mol. The second kappa shape index (κ2) is 24.6. The number of amides is 3. The number of benzene rings is 1. The van der Waals surface area contributed by atoms with Crippen molar-refractivity contribution in [3.63, 3.8) is 0 Å². The second-order valence-corrected chi connectivity index (χ2v) is 24.0. The molecule has 1 aromatic carbocycles. The van der Waals surface area contributed by atoms with Crippen LogP contribution in [-0.4, -0.2) is 155 Å². The quantitative estimate of drug-likeness (QED) is 0.0649. The molecule has 3 amide bonds. The molecule has 0 unspecified atom stereocenters. The topological polar surface area (TPSA) is 237 Å². The summed E-state index contributed by atoms with van der Waals surface area (Å²) in [7, 11) is 0. The molecule has 4 saturated heterocycles. The zero-order valence-corrected chi connectivity index (χ0v) is 46.7. The maximum atomic E-state index is 14.4. The van der Waals surface area contributed by atoms with E-state index in [1.165, 1.54) is 16.7 Å². The number of pyridine rings is 1. The Kier molecular flexibility index (Phi) is 17.9. The van der Waals surface area contributed by atoms with Crippen LogP contribution in [-0.2, 0) is 21.0 Å². The Bertz CT molecular complexity index is 2790. The molecule has 0 radical (unpaired) electrons. The molecule has 0 spiro atoms. The summed E-state index contributed by atoms with van der Waals surface area (Å²) in [6.45, 7) is 15.5. The Morgan fingerprint density at radius 1 is 0.987 bits per heavy atom. The number of hydrogen-bond donors (Lipinski definition) is 5. The lowest BCUT2D eigenvalue weighted by Gasteiger charge is -2.39. The Labute approximate surface area is 458 Å². The highest BCUT2D eigenvalue weighted by Crippen LogP contribution is 2.39. The minimum absolute atomic E-state index is 0.0572. The minimum Gasteiger partial charge on any atom is -0.391 e. The molecule has 4 aliphatic heterocycles. The third-order valence-corrected chi connectivity index (χ3v) is 18.3. The lowest BCUT2D eigenvalue weighted by molar-refractivity contribution is -0.142. The van der Waals surface area contributed by atoms with Crippen LogP contribution in [0.25, 0.3) is 10.4 Å². The van der Waals surface area contributed by atoms with Gasteiger partial charge in [0.1, 0.15) is 28.6 Å². The van der Waals surface area contributed by atoms with E-state index in [4.69, 9.17) is 27.3 Å². The van der Waals surface area contributed by atoms with Crippen molar-refractivity contribution in [3.05, 3.63) is 82.1 Å². The highest BCUT2D eigenvalue weighted by molar-refractivity contribution is 7.99. The van der Waals surface area contributed by atoms with Crippen LogP contribution in [0.1, 0.15) is 107 Å². The van der Waals surface area contributed by atoms with Gasteiger partial charge >= 0.3 is 0 Å². The van der Waals surface area contributed by atoms with Crippen LogP contribution in [0.4, 0.5) is 11.6 Å². The number of thiazole rings is 1. The summed E-state index contributed by atoms with van der Waals surface area (Å²) < 4.78 is 1.56. The normalized spacial score (nSPS) is 20.5. The number of aliphatic hydroxyl groups excluding tert-OH is 2. The summed E-state index contributed by atoms with van der Waals surface area (Å²) in [4.78, 5) is 71.0. The number of nitrogens with two attached hydrogens (primary N) is 1. The van der Waals surface area contributed by atoms with E-state index in [2.05, 4.69) is 71.9 Å². The fraction of sp³-hybridized carbons (Fsp3) is 0.574. The number of piperidine rings is 3. The van der Waals surface area contributed by atoms with Crippen molar-refractivity contribution >= 4 is 64.1 Å². The summed E-state index contributed by atoms with van der Waals surface area (Å²) in [5.74, 6) is 0.720. The van der Waals surface area contributed by atoms with Gasteiger partial charge in [0.2, 0.25) is 17.7 Å². The second-order valence-electron chi connectivity index (χ2n) is 21.7. The molecule has 0 aliphatic carbocycles. The van der Waals surface area contributed by atoms with Crippen molar-refractivity contribution in [1.82, 2.24) is 54.9 Å². The number of likely N-dealkylation sites (tertiary alicyclic amines) is 3. The number of anilines is 2. The predicted octanol–water partition coefficient (Wildman–Crippen LogP) is 6.29. The number of halogens is 1. The first-order valence-electron chi connectivity index (χ1n) is 26.8. The largest absolute Gasteiger partial charge is 0.391 e. The third-order valence-electron chi connectivity index (χ3n) is 15.9. The number of carbonyl (C=O) groups is 3. The number of nitrogens with one attached hydrogen (secondary N) is 2. The molecule has 4 aliphatic rings. The zero-order chi connectivity index (χ0) is 53.7. The molecule has 9 rings (SSSR count). The van der Waals surface area contributed by atoms with E-state index in [1.807, 2.05) is 44.2 Å². The fourth-order valence-electron chi connectivity index (χ4n) is 11.1. The van der Waals surface area contributed by atoms with E-state index in [1.54, 1.807) is 34.6 Å². The van der Waals surface area contributed by atoms with Gasteiger partial charge in [-0.15, -0.1) is 16.4 Å². The van der Waals surface area contributed by atoms with E-state index < -0.39 is 18.2 Å². The number of hydrogen-bond acceptors (Lipinski definition) is 17. The maximum absolute atomic E-state index is 14.4. The minimum atomic E-state index is -0.852. The molecule has 4 atom stereocenters. The molecule has 4 fully saturated rings. The van der Waals surface area contributed by atoms with Gasteiger partial charge in [0.05, 0.1) is 51.7 Å². The van der Waals surface area contributed by atoms with Crippen LogP contribution in [0.5, 0.6) is 0 Å². The number of nitrogens with zero attached hydrogens (tertiary/aromatic N) is 11. The average Bonchev–Trinajstić information content (AvgIpc) is 4.18. The molecule has 22 heteroatoms. The SMILES string of the molecule is Cc1cn([C@H](C(=O)N2C[C@H](O)C[C@H]2C(=O)N[C@@H](CCN2CCC(C(=O)N3CCC(Nc4nccc(Sc5cnc(N6CCC(C)(CN)CC6)c(CO)n5)c4Cl)CC3)CC2)c2ccc(-c3scnc3C)cc2)C(C)C)nn1. The van der Waals surface area contributed by atoms with Crippen molar-refractivity contribution in [2.45, 2.75) is 133 Å². The lowest BCUT2D eigenvalue weighted by atomic mass is 9.80. The number of rotatable bonds is 18. The summed E-state index contributed by atoms with van der Waals surface area (Å²) >= 11 is 9.94. The molecular weight excluding hydrogens is 1020 g/mol. The van der Waals surface area contributed by atoms with Crippen molar-refractivity contribution in [3.8, 4) is 10.4 Å². The third kappa shape index (κ3) is 12.8. The van der Waals surface area contributed by atoms with Gasteiger partial charge in [-0.05, 0) is 107 Å². The van der Waals surface area contributed by atoms with Gasteiger partial charge in [0.15, 0.2) is 5.82 Å². The van der Waals surface area contributed by atoms with Gasteiger partial charge in [-0.25, -0.2) is 24.6 Å². The van der Waals surface area contributed by atoms with E-state index in [0.29, 0.717) is 65.7 Å². The molecule has 408 valence electrons. The van der Waals surface area contributed by atoms with Gasteiger partial charge < -0.3 is 46.2 Å². The van der Waals surface area contributed by atoms with Crippen LogP contribution < -0.4 is 21.3 Å². The molecule has 76 heavy (non-hydrogen) atoms. The van der Waals surface area contributed by atoms with Crippen LogP contribution in [0.3, 0.4) is 0 Å². The molecule has 4 aromatic heterocycles. The van der Waals surface area contributed by atoms with Crippen molar-refractivity contribution < 1.29 is 24.6 Å². The number of carbonyl (C=O) groups excluding carboxylic acids is 3.